The Hall–Kier alpha value is -0.860. The third-order valence-corrected chi connectivity index (χ3v) is 0.387. The van der Waals surface area contributed by atoms with Gasteiger partial charge in [0, 0.05) is 0 Å². The molecule has 0 aromatic heterocycles. The van der Waals surface area contributed by atoms with Crippen molar-refractivity contribution in [3.8, 4) is 0 Å². The second-order valence-corrected chi connectivity index (χ2v) is 1.55. The monoisotopic (exact) mass is 118 g/mol. The van der Waals surface area contributed by atoms with E-state index < -0.39 is 6.22 Å². The van der Waals surface area contributed by atoms with Gasteiger partial charge in [-0.15, -0.1) is 4.39 Å². The molecule has 0 amide bonds. The van der Waals surface area contributed by atoms with E-state index in [9.17, 15) is 9.18 Å². The van der Waals surface area contributed by atoms with E-state index >= 15 is 0 Å². The Kier molecular flexibility index (Phi) is 2.84. The van der Waals surface area contributed by atoms with Gasteiger partial charge in [0.2, 0.25) is 0 Å². The molecule has 0 heterocycles. The van der Waals surface area contributed by atoms with Crippen molar-refractivity contribution in [2.45, 2.75) is 13.8 Å². The molecule has 0 radical (unpaired) electrons. The fourth-order valence-electron chi connectivity index (χ4n) is 0.164. The highest BCUT2D eigenvalue weighted by Crippen LogP contribution is 1.90. The topological polar surface area (TPSA) is 26.3 Å². The lowest BCUT2D eigenvalue weighted by Gasteiger charge is -1.86. The molecule has 0 aliphatic carbocycles. The Bertz CT molecular complexity index is 114. The normalized spacial score (nSPS) is 7.88. The molecule has 8 heavy (non-hydrogen) atoms. The van der Waals surface area contributed by atoms with Gasteiger partial charge in [-0.2, -0.15) is 0 Å². The number of rotatable bonds is 1. The van der Waals surface area contributed by atoms with Crippen molar-refractivity contribution in [3.63, 3.8) is 0 Å². The SMILES string of the molecule is CC(C)=COC(=O)F. The highest BCUT2D eigenvalue weighted by atomic mass is 19.1. The lowest BCUT2D eigenvalue weighted by molar-refractivity contribution is 0.159. The number of hydrogen-bond donors (Lipinski definition) is 0. The maximum Gasteiger partial charge on any atom is 0.500 e. The molecule has 46 valence electrons. The summed E-state index contributed by atoms with van der Waals surface area (Å²) >= 11 is 0. The van der Waals surface area contributed by atoms with Crippen LogP contribution in [-0.2, 0) is 4.74 Å². The van der Waals surface area contributed by atoms with E-state index in [1.165, 1.54) is 0 Å². The van der Waals surface area contributed by atoms with Crippen LogP contribution in [0.1, 0.15) is 13.8 Å². The van der Waals surface area contributed by atoms with Crippen LogP contribution >= 0.6 is 0 Å². The maximum absolute atomic E-state index is 11.2. The zero-order valence-electron chi connectivity index (χ0n) is 4.77. The van der Waals surface area contributed by atoms with Gasteiger partial charge in [0.15, 0.2) is 0 Å². The number of carbonyl (C=O) groups is 1. The van der Waals surface area contributed by atoms with Gasteiger partial charge in [0.25, 0.3) is 0 Å². The van der Waals surface area contributed by atoms with Gasteiger partial charge in [0.1, 0.15) is 0 Å². The molecule has 0 bridgehead atoms. The maximum atomic E-state index is 11.2. The predicted molar refractivity (Wildman–Crippen MR) is 27.0 cm³/mol. The summed E-state index contributed by atoms with van der Waals surface area (Å²) in [5, 5.41) is 0. The highest BCUT2D eigenvalue weighted by Gasteiger charge is 1.90. The molecule has 0 spiro atoms. The third kappa shape index (κ3) is 5.14. The largest absolute Gasteiger partial charge is 0.500 e. The summed E-state index contributed by atoms with van der Waals surface area (Å²) in [6.45, 7) is 3.39. The molecule has 0 unspecified atom stereocenters. The van der Waals surface area contributed by atoms with E-state index in [2.05, 4.69) is 4.74 Å². The van der Waals surface area contributed by atoms with E-state index in [4.69, 9.17) is 0 Å². The summed E-state index contributed by atoms with van der Waals surface area (Å²) in [6.07, 6.45) is -0.714. The second-order valence-electron chi connectivity index (χ2n) is 1.55. The van der Waals surface area contributed by atoms with Crippen LogP contribution in [0.15, 0.2) is 11.8 Å². The summed E-state index contributed by atoms with van der Waals surface area (Å²) in [6, 6.07) is 0. The summed E-state index contributed by atoms with van der Waals surface area (Å²) in [4.78, 5) is 9.41. The molecule has 0 saturated heterocycles. The van der Waals surface area contributed by atoms with Gasteiger partial charge in [-0.25, -0.2) is 4.79 Å². The van der Waals surface area contributed by atoms with Gasteiger partial charge in [-0.05, 0) is 19.4 Å². The van der Waals surface area contributed by atoms with Gasteiger partial charge in [-0.3, -0.25) is 0 Å². The van der Waals surface area contributed by atoms with Gasteiger partial charge >= 0.3 is 6.22 Å². The minimum absolute atomic E-state index is 0.746. The van der Waals surface area contributed by atoms with Crippen molar-refractivity contribution < 1.29 is 13.9 Å². The average molecular weight is 118 g/mol. The molecule has 0 saturated carbocycles. The van der Waals surface area contributed by atoms with Gasteiger partial charge in [-0.1, -0.05) is 0 Å². The van der Waals surface area contributed by atoms with E-state index in [1.807, 2.05) is 0 Å². The van der Waals surface area contributed by atoms with Crippen LogP contribution in [0.3, 0.4) is 0 Å². The molecule has 0 N–H and O–H groups in total. The molecule has 0 aliphatic heterocycles. The first-order chi connectivity index (χ1) is 3.63. The van der Waals surface area contributed by atoms with Crippen LogP contribution in [0.2, 0.25) is 0 Å². The Balaban J connectivity index is 3.45. The first-order valence-electron chi connectivity index (χ1n) is 2.12. The van der Waals surface area contributed by atoms with Gasteiger partial charge in [0.05, 0.1) is 6.26 Å². The number of halogens is 1. The fraction of sp³-hybridized carbons (Fsp3) is 0.400. The molecule has 0 aromatic rings. The van der Waals surface area contributed by atoms with Crippen LogP contribution < -0.4 is 0 Å². The molecule has 2 nitrogen and oxygen atoms in total. The van der Waals surface area contributed by atoms with Crippen molar-refractivity contribution in [2.24, 2.45) is 0 Å². The number of hydrogen-bond acceptors (Lipinski definition) is 2. The number of carbonyl (C=O) groups excluding carboxylic acids is 1. The quantitative estimate of drug-likeness (QED) is 0.389. The molecule has 0 fully saturated rings. The second kappa shape index (κ2) is 3.18. The predicted octanol–water partition coefficient (Wildman–Crippen LogP) is 2.02. The minimum atomic E-state index is -1.77. The number of allylic oxidation sites excluding steroid dienone is 1. The van der Waals surface area contributed by atoms with Crippen LogP contribution in [0.4, 0.5) is 9.18 Å². The molecule has 0 rings (SSSR count). The van der Waals surface area contributed by atoms with Crippen molar-refractivity contribution in [2.75, 3.05) is 0 Å². The Morgan fingerprint density at radius 3 is 2.25 bits per heavy atom. The van der Waals surface area contributed by atoms with Crippen molar-refractivity contribution in [1.29, 1.82) is 0 Å². The lowest BCUT2D eigenvalue weighted by atomic mass is 10.4. The Labute approximate surface area is 47.0 Å². The van der Waals surface area contributed by atoms with Crippen LogP contribution in [0.25, 0.3) is 0 Å². The van der Waals surface area contributed by atoms with E-state index in [0.717, 1.165) is 11.8 Å². The lowest BCUT2D eigenvalue weighted by Crippen LogP contribution is -1.84. The molecule has 0 aromatic carbocycles. The molecule has 3 heteroatoms. The standard InChI is InChI=1S/C5H7FO2/c1-4(2)3-8-5(6)7/h3H,1-2H3. The summed E-state index contributed by atoms with van der Waals surface area (Å²) in [7, 11) is 0. The fourth-order valence-corrected chi connectivity index (χ4v) is 0.164. The van der Waals surface area contributed by atoms with Crippen LogP contribution in [-0.4, -0.2) is 6.22 Å². The summed E-state index contributed by atoms with van der Waals surface area (Å²) in [5.41, 5.74) is 0.746. The third-order valence-electron chi connectivity index (χ3n) is 0.387. The minimum Gasteiger partial charge on any atom is -0.409 e. The first-order valence-corrected chi connectivity index (χ1v) is 2.12. The Morgan fingerprint density at radius 2 is 2.12 bits per heavy atom. The molecule has 0 atom stereocenters. The van der Waals surface area contributed by atoms with E-state index in [0.29, 0.717) is 0 Å². The molecule has 0 aliphatic rings. The van der Waals surface area contributed by atoms with E-state index in [-0.39, 0.29) is 0 Å². The molecular weight excluding hydrogens is 111 g/mol. The van der Waals surface area contributed by atoms with Crippen LogP contribution in [0, 0.1) is 0 Å². The van der Waals surface area contributed by atoms with Crippen molar-refractivity contribution in [1.82, 2.24) is 0 Å². The van der Waals surface area contributed by atoms with E-state index in [1.54, 1.807) is 13.8 Å². The Morgan fingerprint density at radius 1 is 1.62 bits per heavy atom. The highest BCUT2D eigenvalue weighted by molar-refractivity contribution is 5.58. The summed E-state index contributed by atoms with van der Waals surface area (Å²) in [5.74, 6) is 0. The van der Waals surface area contributed by atoms with Gasteiger partial charge < -0.3 is 4.74 Å². The van der Waals surface area contributed by atoms with Crippen molar-refractivity contribution in [3.05, 3.63) is 11.8 Å². The summed E-state index contributed by atoms with van der Waals surface area (Å²) < 4.78 is 15.0. The average Bonchev–Trinajstić information content (AvgIpc) is 1.61. The number of ether oxygens (including phenoxy) is 1. The van der Waals surface area contributed by atoms with Crippen molar-refractivity contribution >= 4 is 6.22 Å². The smallest absolute Gasteiger partial charge is 0.409 e. The zero-order valence-corrected chi connectivity index (χ0v) is 4.77. The molecular formula is C5H7FO2. The first kappa shape index (κ1) is 7.14. The van der Waals surface area contributed by atoms with Crippen LogP contribution in [0.5, 0.6) is 0 Å². The zero-order chi connectivity index (χ0) is 6.57.